The number of phenolic OH excluding ortho intramolecular Hbond substituents is 1. The predicted molar refractivity (Wildman–Crippen MR) is 85.4 cm³/mol. The Morgan fingerprint density at radius 1 is 0.952 bits per heavy atom. The molecule has 0 saturated carbocycles. The van der Waals surface area contributed by atoms with Crippen LogP contribution in [-0.2, 0) is 0 Å². The molecular formula is C13H6Cl4N2O2. The third-order valence-electron chi connectivity index (χ3n) is 2.68. The van der Waals surface area contributed by atoms with Crippen molar-refractivity contribution in [3.8, 4) is 5.75 Å². The highest BCUT2D eigenvalue weighted by atomic mass is 35.5. The van der Waals surface area contributed by atoms with Gasteiger partial charge < -0.3 is 14.8 Å². The number of hydrogen-bond acceptors (Lipinski definition) is 4. The first-order valence-electron chi connectivity index (χ1n) is 5.64. The first kappa shape index (κ1) is 14.6. The fraction of sp³-hybridized carbons (Fsp3) is 0. The van der Waals surface area contributed by atoms with Crippen molar-refractivity contribution >= 4 is 69.2 Å². The summed E-state index contributed by atoms with van der Waals surface area (Å²) in [5.74, 6) is -0.160. The van der Waals surface area contributed by atoms with Crippen molar-refractivity contribution in [3.63, 3.8) is 0 Å². The van der Waals surface area contributed by atoms with Gasteiger partial charge in [-0.25, -0.2) is 0 Å². The van der Waals surface area contributed by atoms with E-state index in [0.717, 1.165) is 0 Å². The number of halogens is 4. The fourth-order valence-electron chi connectivity index (χ4n) is 1.79. The number of aromatic hydroxyl groups is 1. The molecule has 1 heterocycles. The van der Waals surface area contributed by atoms with Crippen LogP contribution in [0.3, 0.4) is 0 Å². The highest BCUT2D eigenvalue weighted by molar-refractivity contribution is 6.38. The molecule has 0 atom stereocenters. The van der Waals surface area contributed by atoms with E-state index in [4.69, 9.17) is 50.8 Å². The number of aromatic nitrogens is 1. The molecule has 108 valence electrons. The predicted octanol–water partition coefficient (Wildman–Crippen LogP) is 5.89. The molecule has 3 rings (SSSR count). The molecule has 0 amide bonds. The Hall–Kier alpha value is -1.33. The van der Waals surface area contributed by atoms with Crippen LogP contribution in [0, 0.1) is 0 Å². The van der Waals surface area contributed by atoms with E-state index in [9.17, 15) is 5.11 Å². The molecule has 0 unspecified atom stereocenters. The van der Waals surface area contributed by atoms with E-state index in [1.54, 1.807) is 12.1 Å². The maximum absolute atomic E-state index is 9.89. The van der Waals surface area contributed by atoms with Crippen molar-refractivity contribution in [1.29, 1.82) is 0 Å². The van der Waals surface area contributed by atoms with E-state index in [1.165, 1.54) is 12.1 Å². The number of nitrogens with zero attached hydrogens (tertiary/aromatic N) is 1. The van der Waals surface area contributed by atoms with Gasteiger partial charge in [0.05, 0.1) is 15.7 Å². The maximum Gasteiger partial charge on any atom is 0.300 e. The van der Waals surface area contributed by atoms with Crippen LogP contribution in [0.1, 0.15) is 0 Å². The van der Waals surface area contributed by atoms with Gasteiger partial charge in [0.15, 0.2) is 11.3 Å². The zero-order valence-electron chi connectivity index (χ0n) is 10.1. The molecule has 2 aromatic carbocycles. The SMILES string of the molecule is Oc1c(Cl)cc(Cl)cc1Nc1nc2cc(Cl)cc(Cl)c2o1. The molecule has 0 aliphatic heterocycles. The minimum atomic E-state index is -0.160. The molecule has 1 aromatic heterocycles. The lowest BCUT2D eigenvalue weighted by Crippen LogP contribution is -1.91. The highest BCUT2D eigenvalue weighted by Crippen LogP contribution is 2.37. The Bertz CT molecular complexity index is 848. The van der Waals surface area contributed by atoms with Gasteiger partial charge in [-0.05, 0) is 24.3 Å². The molecule has 0 radical (unpaired) electrons. The topological polar surface area (TPSA) is 58.3 Å². The lowest BCUT2D eigenvalue weighted by Gasteiger charge is -2.06. The van der Waals surface area contributed by atoms with Crippen molar-refractivity contribution in [1.82, 2.24) is 4.98 Å². The summed E-state index contributed by atoms with van der Waals surface area (Å²) in [6.07, 6.45) is 0. The summed E-state index contributed by atoms with van der Waals surface area (Å²) < 4.78 is 5.48. The van der Waals surface area contributed by atoms with Crippen LogP contribution in [0.5, 0.6) is 5.75 Å². The van der Waals surface area contributed by atoms with Gasteiger partial charge in [-0.2, -0.15) is 4.98 Å². The molecule has 4 nitrogen and oxygen atoms in total. The van der Waals surface area contributed by atoms with Gasteiger partial charge in [-0.15, -0.1) is 0 Å². The van der Waals surface area contributed by atoms with Crippen molar-refractivity contribution in [2.24, 2.45) is 0 Å². The Morgan fingerprint density at radius 3 is 2.38 bits per heavy atom. The number of anilines is 2. The number of rotatable bonds is 2. The van der Waals surface area contributed by atoms with Gasteiger partial charge >= 0.3 is 0 Å². The summed E-state index contributed by atoms with van der Waals surface area (Å²) in [7, 11) is 0. The van der Waals surface area contributed by atoms with Gasteiger partial charge in [0.1, 0.15) is 5.52 Å². The highest BCUT2D eigenvalue weighted by Gasteiger charge is 2.14. The molecular weight excluding hydrogens is 358 g/mol. The van der Waals surface area contributed by atoms with E-state index < -0.39 is 0 Å². The van der Waals surface area contributed by atoms with Crippen LogP contribution in [0.15, 0.2) is 28.7 Å². The molecule has 0 saturated heterocycles. The summed E-state index contributed by atoms with van der Waals surface area (Å²) in [5.41, 5.74) is 1.14. The summed E-state index contributed by atoms with van der Waals surface area (Å²) in [6.45, 7) is 0. The number of nitrogens with one attached hydrogen (secondary N) is 1. The summed E-state index contributed by atoms with van der Waals surface area (Å²) >= 11 is 23.7. The maximum atomic E-state index is 9.89. The number of fused-ring (bicyclic) bond motifs is 1. The first-order valence-corrected chi connectivity index (χ1v) is 7.16. The van der Waals surface area contributed by atoms with E-state index in [-0.39, 0.29) is 22.5 Å². The van der Waals surface area contributed by atoms with Gasteiger partial charge in [-0.1, -0.05) is 46.4 Å². The van der Waals surface area contributed by atoms with Crippen molar-refractivity contribution in [2.75, 3.05) is 5.32 Å². The molecule has 0 aliphatic rings. The minimum Gasteiger partial charge on any atom is -0.504 e. The number of phenols is 1. The van der Waals surface area contributed by atoms with E-state index in [1.807, 2.05) is 0 Å². The second-order valence-corrected chi connectivity index (χ2v) is 5.85. The second-order valence-electron chi connectivity index (χ2n) is 4.16. The number of oxazole rings is 1. The lowest BCUT2D eigenvalue weighted by molar-refractivity contribution is 0.477. The van der Waals surface area contributed by atoms with Crippen LogP contribution in [0.2, 0.25) is 20.1 Å². The van der Waals surface area contributed by atoms with E-state index in [0.29, 0.717) is 26.2 Å². The Kier molecular flexibility index (Phi) is 3.80. The second kappa shape index (κ2) is 5.46. The number of benzene rings is 2. The summed E-state index contributed by atoms with van der Waals surface area (Å²) in [6, 6.07) is 6.21. The molecule has 3 aromatic rings. The van der Waals surface area contributed by atoms with E-state index in [2.05, 4.69) is 10.3 Å². The molecule has 2 N–H and O–H groups in total. The smallest absolute Gasteiger partial charge is 0.300 e. The summed E-state index contributed by atoms with van der Waals surface area (Å²) in [5, 5.41) is 13.9. The third-order valence-corrected chi connectivity index (χ3v) is 3.68. The largest absolute Gasteiger partial charge is 0.504 e. The average molecular weight is 364 g/mol. The molecule has 0 spiro atoms. The summed E-state index contributed by atoms with van der Waals surface area (Å²) in [4.78, 5) is 4.19. The number of hydrogen-bond donors (Lipinski definition) is 2. The molecule has 0 bridgehead atoms. The van der Waals surface area contributed by atoms with Gasteiger partial charge in [-0.3, -0.25) is 0 Å². The van der Waals surface area contributed by atoms with Crippen LogP contribution < -0.4 is 5.32 Å². The zero-order chi connectivity index (χ0) is 15.1. The van der Waals surface area contributed by atoms with Crippen LogP contribution in [0.4, 0.5) is 11.7 Å². The molecule has 0 aliphatic carbocycles. The van der Waals surface area contributed by atoms with Gasteiger partial charge in [0.25, 0.3) is 6.01 Å². The van der Waals surface area contributed by atoms with Crippen LogP contribution in [-0.4, -0.2) is 10.1 Å². The molecule has 8 heteroatoms. The quantitative estimate of drug-likeness (QED) is 0.557. The van der Waals surface area contributed by atoms with Gasteiger partial charge in [0, 0.05) is 10.0 Å². The monoisotopic (exact) mass is 362 g/mol. The Balaban J connectivity index is 2.05. The Morgan fingerprint density at radius 2 is 1.62 bits per heavy atom. The Labute approximate surface area is 139 Å². The third kappa shape index (κ3) is 2.85. The standard InChI is InChI=1S/C13H6Cl4N2O2/c14-5-1-7(16)11(20)9(3-5)18-13-19-10-4-6(15)2-8(17)12(10)21-13/h1-4,20H,(H,18,19). The van der Waals surface area contributed by atoms with Crippen molar-refractivity contribution in [3.05, 3.63) is 44.4 Å². The van der Waals surface area contributed by atoms with Crippen LogP contribution >= 0.6 is 46.4 Å². The van der Waals surface area contributed by atoms with Crippen molar-refractivity contribution < 1.29 is 9.52 Å². The van der Waals surface area contributed by atoms with Crippen molar-refractivity contribution in [2.45, 2.75) is 0 Å². The minimum absolute atomic E-state index is 0.113. The normalized spacial score (nSPS) is 11.0. The van der Waals surface area contributed by atoms with Crippen LogP contribution in [0.25, 0.3) is 11.1 Å². The zero-order valence-corrected chi connectivity index (χ0v) is 13.1. The molecule has 21 heavy (non-hydrogen) atoms. The lowest BCUT2D eigenvalue weighted by atomic mass is 10.3. The first-order chi connectivity index (χ1) is 9.94. The fourth-order valence-corrected chi connectivity index (χ4v) is 2.80. The average Bonchev–Trinajstić information content (AvgIpc) is 2.78. The molecule has 0 fully saturated rings. The van der Waals surface area contributed by atoms with Gasteiger partial charge in [0.2, 0.25) is 0 Å². The van der Waals surface area contributed by atoms with E-state index >= 15 is 0 Å².